The molecule has 0 bridgehead atoms. The summed E-state index contributed by atoms with van der Waals surface area (Å²) in [6, 6.07) is 10.6. The normalized spacial score (nSPS) is 17.4. The Balaban J connectivity index is 1.48. The minimum Gasteiger partial charge on any atom is -0.320 e. The number of amides is 1. The molecule has 0 spiro atoms. The summed E-state index contributed by atoms with van der Waals surface area (Å²) in [4.78, 5) is 12.0. The molecule has 1 fully saturated rings. The van der Waals surface area contributed by atoms with E-state index < -0.39 is 27.6 Å². The summed E-state index contributed by atoms with van der Waals surface area (Å²) in [6.07, 6.45) is 1.26. The minimum atomic E-state index is -3.98. The quantitative estimate of drug-likeness (QED) is 0.623. The summed E-state index contributed by atoms with van der Waals surface area (Å²) >= 11 is 1.08. The van der Waals surface area contributed by atoms with Gasteiger partial charge in [0.1, 0.15) is 21.5 Å². The van der Waals surface area contributed by atoms with Gasteiger partial charge in [-0.1, -0.05) is 23.5 Å². The average Bonchev–Trinajstić information content (AvgIpc) is 3.26. The fourth-order valence-electron chi connectivity index (χ4n) is 3.36. The maximum atomic E-state index is 14.1. The van der Waals surface area contributed by atoms with Crippen molar-refractivity contribution < 1.29 is 22.0 Å². The minimum absolute atomic E-state index is 0.119. The number of carbonyl (C=O) groups is 1. The second kappa shape index (κ2) is 8.77. The average molecular weight is 465 g/mol. The Hall–Kier alpha value is -2.76. The zero-order valence-corrected chi connectivity index (χ0v) is 17.8. The first-order valence-corrected chi connectivity index (χ1v) is 11.8. The van der Waals surface area contributed by atoms with E-state index in [4.69, 9.17) is 0 Å². The van der Waals surface area contributed by atoms with E-state index in [-0.39, 0.29) is 28.9 Å². The maximum Gasteiger partial charge on any atom is 0.286 e. The lowest BCUT2D eigenvalue weighted by Crippen LogP contribution is -2.39. The lowest BCUT2D eigenvalue weighted by Gasteiger charge is -2.30. The van der Waals surface area contributed by atoms with Crippen LogP contribution in [-0.2, 0) is 10.0 Å². The molecular formula is C20H18F2N4O3S2. The number of nitrogens with one attached hydrogen (secondary N) is 1. The Morgan fingerprint density at radius 3 is 2.58 bits per heavy atom. The fourth-order valence-corrected chi connectivity index (χ4v) is 5.82. The number of halogens is 2. The number of piperidine rings is 1. The van der Waals surface area contributed by atoms with Crippen LogP contribution in [0.1, 0.15) is 33.6 Å². The Kier molecular flexibility index (Phi) is 6.08. The molecule has 1 unspecified atom stereocenters. The highest BCUT2D eigenvalue weighted by Crippen LogP contribution is 2.32. The van der Waals surface area contributed by atoms with Crippen LogP contribution in [0.3, 0.4) is 0 Å². The van der Waals surface area contributed by atoms with Crippen molar-refractivity contribution >= 4 is 33.0 Å². The van der Waals surface area contributed by atoms with Crippen molar-refractivity contribution in [3.63, 3.8) is 0 Å². The van der Waals surface area contributed by atoms with Crippen LogP contribution in [0.4, 0.5) is 14.5 Å². The van der Waals surface area contributed by atoms with Crippen LogP contribution >= 0.6 is 11.3 Å². The van der Waals surface area contributed by atoms with E-state index >= 15 is 0 Å². The van der Waals surface area contributed by atoms with E-state index in [1.165, 1.54) is 46.8 Å². The molecule has 3 aromatic rings. The first kappa shape index (κ1) is 21.5. The molecule has 1 N–H and O–H groups in total. The molecule has 0 saturated carbocycles. The van der Waals surface area contributed by atoms with E-state index in [1.54, 1.807) is 0 Å². The molecule has 2 aromatic carbocycles. The number of carbonyl (C=O) groups excluding carboxylic acids is 1. The van der Waals surface area contributed by atoms with E-state index in [0.29, 0.717) is 23.5 Å². The topological polar surface area (TPSA) is 92.3 Å². The SMILES string of the molecule is O=C(Nc1ccc(F)cc1)c1nnc(C2CCCN(S(=O)(=O)c3ccccc3F)C2)s1. The highest BCUT2D eigenvalue weighted by atomic mass is 32.2. The molecular weight excluding hydrogens is 446 g/mol. The number of benzene rings is 2. The number of nitrogens with zero attached hydrogens (tertiary/aromatic N) is 3. The second-order valence-electron chi connectivity index (χ2n) is 7.04. The summed E-state index contributed by atoms with van der Waals surface area (Å²) in [7, 11) is -3.98. The van der Waals surface area contributed by atoms with Crippen molar-refractivity contribution in [2.45, 2.75) is 23.7 Å². The lowest BCUT2D eigenvalue weighted by atomic mass is 10.0. The fraction of sp³-hybridized carbons (Fsp3) is 0.250. The second-order valence-corrected chi connectivity index (χ2v) is 9.95. The van der Waals surface area contributed by atoms with Gasteiger partial charge in [0, 0.05) is 24.7 Å². The third kappa shape index (κ3) is 4.63. The molecule has 1 aliphatic heterocycles. The molecule has 162 valence electrons. The van der Waals surface area contributed by atoms with Crippen LogP contribution in [0.15, 0.2) is 53.4 Å². The van der Waals surface area contributed by atoms with Crippen LogP contribution in [-0.4, -0.2) is 41.9 Å². The molecule has 1 aromatic heterocycles. The largest absolute Gasteiger partial charge is 0.320 e. The predicted octanol–water partition coefficient (Wildman–Crippen LogP) is 3.64. The summed E-state index contributed by atoms with van der Waals surface area (Å²) in [5, 5.41) is 11.3. The third-order valence-electron chi connectivity index (χ3n) is 4.92. The van der Waals surface area contributed by atoms with Crippen LogP contribution < -0.4 is 5.32 Å². The molecule has 1 amide bonds. The van der Waals surface area contributed by atoms with Crippen molar-refractivity contribution in [2.75, 3.05) is 18.4 Å². The third-order valence-corrected chi connectivity index (χ3v) is 7.91. The van der Waals surface area contributed by atoms with Gasteiger partial charge in [0.15, 0.2) is 0 Å². The summed E-state index contributed by atoms with van der Waals surface area (Å²) in [5.74, 6) is -1.94. The number of sulfonamides is 1. The Morgan fingerprint density at radius 1 is 1.10 bits per heavy atom. The molecule has 4 rings (SSSR count). The van der Waals surface area contributed by atoms with Crippen molar-refractivity contribution in [2.24, 2.45) is 0 Å². The number of rotatable bonds is 5. The molecule has 2 heterocycles. The van der Waals surface area contributed by atoms with Gasteiger partial charge in [-0.3, -0.25) is 4.79 Å². The molecule has 1 atom stereocenters. The van der Waals surface area contributed by atoms with Crippen LogP contribution in [0.25, 0.3) is 0 Å². The van der Waals surface area contributed by atoms with Crippen LogP contribution in [0.5, 0.6) is 0 Å². The number of aromatic nitrogens is 2. The Labute approximate surface area is 181 Å². The van der Waals surface area contributed by atoms with Gasteiger partial charge in [-0.05, 0) is 49.2 Å². The lowest BCUT2D eigenvalue weighted by molar-refractivity contribution is 0.102. The van der Waals surface area contributed by atoms with Crippen LogP contribution in [0, 0.1) is 11.6 Å². The molecule has 7 nitrogen and oxygen atoms in total. The Bertz CT molecular complexity index is 1200. The van der Waals surface area contributed by atoms with Crippen molar-refractivity contribution in [3.05, 3.63) is 70.2 Å². The predicted molar refractivity (Wildman–Crippen MR) is 111 cm³/mol. The molecule has 11 heteroatoms. The summed E-state index contributed by atoms with van der Waals surface area (Å²) in [6.45, 7) is 0.411. The summed E-state index contributed by atoms with van der Waals surface area (Å²) in [5.41, 5.74) is 0.419. The summed E-state index contributed by atoms with van der Waals surface area (Å²) < 4.78 is 54.1. The van der Waals surface area contributed by atoms with E-state index in [0.717, 1.165) is 17.4 Å². The van der Waals surface area contributed by atoms with Gasteiger partial charge in [-0.15, -0.1) is 10.2 Å². The van der Waals surface area contributed by atoms with E-state index in [9.17, 15) is 22.0 Å². The van der Waals surface area contributed by atoms with Gasteiger partial charge in [0.05, 0.1) is 0 Å². The van der Waals surface area contributed by atoms with Crippen LogP contribution in [0.2, 0.25) is 0 Å². The Morgan fingerprint density at radius 2 is 1.84 bits per heavy atom. The van der Waals surface area contributed by atoms with Gasteiger partial charge in [-0.25, -0.2) is 17.2 Å². The van der Waals surface area contributed by atoms with Gasteiger partial charge in [-0.2, -0.15) is 4.31 Å². The first-order valence-electron chi connectivity index (χ1n) is 9.49. The van der Waals surface area contributed by atoms with E-state index in [2.05, 4.69) is 15.5 Å². The van der Waals surface area contributed by atoms with E-state index in [1.807, 2.05) is 0 Å². The maximum absolute atomic E-state index is 14.1. The highest BCUT2D eigenvalue weighted by Gasteiger charge is 2.34. The zero-order chi connectivity index (χ0) is 22.0. The number of anilines is 1. The molecule has 31 heavy (non-hydrogen) atoms. The number of hydrogen-bond acceptors (Lipinski definition) is 6. The van der Waals surface area contributed by atoms with Crippen molar-refractivity contribution in [3.8, 4) is 0 Å². The standard InChI is InChI=1S/C20H18F2N4O3S2/c21-14-7-9-15(10-8-14)23-18(27)20-25-24-19(30-20)13-4-3-11-26(12-13)31(28,29)17-6-2-1-5-16(17)22/h1-2,5-10,13H,3-4,11-12H2,(H,23,27). The molecule has 0 radical (unpaired) electrons. The van der Waals surface area contributed by atoms with Crippen molar-refractivity contribution in [1.29, 1.82) is 0 Å². The van der Waals surface area contributed by atoms with Gasteiger partial charge in [0.2, 0.25) is 15.0 Å². The van der Waals surface area contributed by atoms with Gasteiger partial charge < -0.3 is 5.32 Å². The van der Waals surface area contributed by atoms with Gasteiger partial charge >= 0.3 is 0 Å². The van der Waals surface area contributed by atoms with Gasteiger partial charge in [0.25, 0.3) is 5.91 Å². The molecule has 0 aliphatic carbocycles. The monoisotopic (exact) mass is 464 g/mol. The molecule has 1 saturated heterocycles. The van der Waals surface area contributed by atoms with Crippen molar-refractivity contribution in [1.82, 2.24) is 14.5 Å². The molecule has 1 aliphatic rings. The first-order chi connectivity index (χ1) is 14.8. The number of hydrogen-bond donors (Lipinski definition) is 1. The smallest absolute Gasteiger partial charge is 0.286 e. The highest BCUT2D eigenvalue weighted by molar-refractivity contribution is 7.89. The zero-order valence-electron chi connectivity index (χ0n) is 16.2.